The Bertz CT molecular complexity index is 498. The average molecular weight is 270 g/mol. The first-order valence-electron chi connectivity index (χ1n) is 3.89. The molecular formula is C8H4BrN3O3. The van der Waals surface area contributed by atoms with Gasteiger partial charge in [0.25, 0.3) is 5.69 Å². The zero-order valence-electron chi connectivity index (χ0n) is 7.25. The third kappa shape index (κ3) is 1.86. The minimum Gasteiger partial charge on any atom is -0.342 e. The molecule has 1 aromatic carbocycles. The van der Waals surface area contributed by atoms with Crippen LogP contribution in [-0.2, 0) is 0 Å². The molecule has 1 aromatic heterocycles. The highest BCUT2D eigenvalue weighted by Crippen LogP contribution is 2.29. The SMILES string of the molecule is O=[N+]([O-])c1ccc(Br)c(-c2ncon2)c1. The maximum Gasteiger partial charge on any atom is 0.270 e. The molecule has 0 bridgehead atoms. The van der Waals surface area contributed by atoms with Gasteiger partial charge in [-0.05, 0) is 6.07 Å². The van der Waals surface area contributed by atoms with Gasteiger partial charge in [-0.3, -0.25) is 10.1 Å². The molecule has 0 aliphatic heterocycles. The van der Waals surface area contributed by atoms with E-state index in [0.717, 1.165) is 0 Å². The molecule has 0 N–H and O–H groups in total. The molecule has 0 spiro atoms. The predicted molar refractivity (Wildman–Crippen MR) is 54.1 cm³/mol. The first-order valence-corrected chi connectivity index (χ1v) is 4.68. The minimum atomic E-state index is -0.476. The predicted octanol–water partition coefficient (Wildman–Crippen LogP) is 2.41. The van der Waals surface area contributed by atoms with Gasteiger partial charge in [0, 0.05) is 22.2 Å². The van der Waals surface area contributed by atoms with Crippen molar-refractivity contribution in [2.24, 2.45) is 0 Å². The molecule has 2 rings (SSSR count). The second-order valence-electron chi connectivity index (χ2n) is 2.68. The van der Waals surface area contributed by atoms with E-state index >= 15 is 0 Å². The lowest BCUT2D eigenvalue weighted by Crippen LogP contribution is -1.90. The zero-order valence-corrected chi connectivity index (χ0v) is 8.84. The molecular weight excluding hydrogens is 266 g/mol. The molecule has 6 nitrogen and oxygen atoms in total. The average Bonchev–Trinajstić information content (AvgIpc) is 2.71. The Hall–Kier alpha value is -1.76. The topological polar surface area (TPSA) is 82.1 Å². The highest BCUT2D eigenvalue weighted by Gasteiger charge is 2.13. The van der Waals surface area contributed by atoms with Gasteiger partial charge in [0.15, 0.2) is 0 Å². The molecule has 0 aliphatic rings. The number of nitro groups is 1. The second-order valence-corrected chi connectivity index (χ2v) is 3.53. The fourth-order valence-corrected chi connectivity index (χ4v) is 1.51. The number of benzene rings is 1. The smallest absolute Gasteiger partial charge is 0.270 e. The summed E-state index contributed by atoms with van der Waals surface area (Å²) < 4.78 is 5.25. The Balaban J connectivity index is 2.55. The lowest BCUT2D eigenvalue weighted by atomic mass is 10.2. The molecule has 0 amide bonds. The third-order valence-electron chi connectivity index (χ3n) is 1.76. The van der Waals surface area contributed by atoms with Crippen molar-refractivity contribution in [3.05, 3.63) is 39.2 Å². The summed E-state index contributed by atoms with van der Waals surface area (Å²) >= 11 is 3.26. The van der Waals surface area contributed by atoms with E-state index in [9.17, 15) is 10.1 Å². The second kappa shape index (κ2) is 3.77. The molecule has 0 unspecified atom stereocenters. The van der Waals surface area contributed by atoms with Crippen LogP contribution >= 0.6 is 15.9 Å². The van der Waals surface area contributed by atoms with Gasteiger partial charge in [-0.1, -0.05) is 21.1 Å². The van der Waals surface area contributed by atoms with Crippen molar-refractivity contribution >= 4 is 21.6 Å². The summed E-state index contributed by atoms with van der Waals surface area (Å²) in [7, 11) is 0. The van der Waals surface area contributed by atoms with Gasteiger partial charge in [-0.25, -0.2) is 0 Å². The molecule has 15 heavy (non-hydrogen) atoms. The van der Waals surface area contributed by atoms with Crippen molar-refractivity contribution in [2.45, 2.75) is 0 Å². The molecule has 2 aromatic rings. The molecule has 0 saturated carbocycles. The molecule has 0 atom stereocenters. The van der Waals surface area contributed by atoms with E-state index in [-0.39, 0.29) is 5.69 Å². The van der Waals surface area contributed by atoms with Gasteiger partial charge >= 0.3 is 0 Å². The first-order chi connectivity index (χ1) is 7.18. The van der Waals surface area contributed by atoms with Crippen LogP contribution in [0.1, 0.15) is 0 Å². The number of non-ortho nitro benzene ring substituents is 1. The Kier molecular flexibility index (Phi) is 2.46. The molecule has 7 heteroatoms. The minimum absolute atomic E-state index is 0.0157. The normalized spacial score (nSPS) is 10.2. The van der Waals surface area contributed by atoms with Crippen LogP contribution in [0.3, 0.4) is 0 Å². The monoisotopic (exact) mass is 269 g/mol. The van der Waals surface area contributed by atoms with Gasteiger partial charge in [-0.15, -0.1) is 0 Å². The number of nitrogens with zero attached hydrogens (tertiary/aromatic N) is 3. The van der Waals surface area contributed by atoms with Gasteiger partial charge in [0.2, 0.25) is 12.2 Å². The maximum absolute atomic E-state index is 10.6. The number of nitro benzene ring substituents is 1. The molecule has 1 heterocycles. The van der Waals surface area contributed by atoms with Crippen molar-refractivity contribution in [3.63, 3.8) is 0 Å². The van der Waals surface area contributed by atoms with E-state index in [1.165, 1.54) is 18.5 Å². The fourth-order valence-electron chi connectivity index (χ4n) is 1.09. The lowest BCUT2D eigenvalue weighted by molar-refractivity contribution is -0.384. The van der Waals surface area contributed by atoms with Crippen molar-refractivity contribution in [3.8, 4) is 11.4 Å². The van der Waals surface area contributed by atoms with E-state index in [2.05, 4.69) is 30.6 Å². The third-order valence-corrected chi connectivity index (χ3v) is 2.45. The van der Waals surface area contributed by atoms with Gasteiger partial charge in [0.1, 0.15) is 0 Å². The van der Waals surface area contributed by atoms with Crippen molar-refractivity contribution in [1.29, 1.82) is 0 Å². The van der Waals surface area contributed by atoms with Gasteiger partial charge < -0.3 is 4.52 Å². The van der Waals surface area contributed by atoms with Crippen LogP contribution < -0.4 is 0 Å². The van der Waals surface area contributed by atoms with Crippen LogP contribution in [0.25, 0.3) is 11.4 Å². The van der Waals surface area contributed by atoms with Crippen molar-refractivity contribution in [1.82, 2.24) is 10.1 Å². The van der Waals surface area contributed by atoms with Gasteiger partial charge in [0.05, 0.1) is 4.92 Å². The highest BCUT2D eigenvalue weighted by molar-refractivity contribution is 9.10. The summed E-state index contributed by atoms with van der Waals surface area (Å²) in [6.45, 7) is 0. The van der Waals surface area contributed by atoms with E-state index in [1.54, 1.807) is 6.07 Å². The molecule has 0 fully saturated rings. The largest absolute Gasteiger partial charge is 0.342 e. The summed E-state index contributed by atoms with van der Waals surface area (Å²) in [5.74, 6) is 0.311. The van der Waals surface area contributed by atoms with E-state index < -0.39 is 4.92 Å². The first kappa shape index (κ1) is 9.78. The summed E-state index contributed by atoms with van der Waals surface area (Å²) in [5.41, 5.74) is 0.510. The standard InChI is InChI=1S/C8H4BrN3O3/c9-7-2-1-5(12(13)14)3-6(7)8-10-4-15-11-8/h1-4H. The lowest BCUT2D eigenvalue weighted by Gasteiger charge is -1.98. The number of hydrogen-bond donors (Lipinski definition) is 0. The summed E-state index contributed by atoms with van der Waals surface area (Å²) in [5, 5.41) is 14.2. The molecule has 0 saturated heterocycles. The number of rotatable bonds is 2. The Morgan fingerprint density at radius 3 is 2.87 bits per heavy atom. The Morgan fingerprint density at radius 2 is 2.27 bits per heavy atom. The number of aromatic nitrogens is 2. The van der Waals surface area contributed by atoms with E-state index in [4.69, 9.17) is 0 Å². The molecule has 76 valence electrons. The van der Waals surface area contributed by atoms with Crippen molar-refractivity contribution in [2.75, 3.05) is 0 Å². The van der Waals surface area contributed by atoms with Crippen molar-refractivity contribution < 1.29 is 9.45 Å². The van der Waals surface area contributed by atoms with Crippen LogP contribution in [0.4, 0.5) is 5.69 Å². The van der Waals surface area contributed by atoms with Crippen LogP contribution in [0.5, 0.6) is 0 Å². The Morgan fingerprint density at radius 1 is 1.47 bits per heavy atom. The van der Waals surface area contributed by atoms with E-state index in [0.29, 0.717) is 15.9 Å². The van der Waals surface area contributed by atoms with Crippen LogP contribution in [-0.4, -0.2) is 15.1 Å². The quantitative estimate of drug-likeness (QED) is 0.618. The zero-order chi connectivity index (χ0) is 10.8. The summed E-state index contributed by atoms with van der Waals surface area (Å²) in [4.78, 5) is 13.9. The van der Waals surface area contributed by atoms with E-state index in [1.807, 2.05) is 0 Å². The fraction of sp³-hybridized carbons (Fsp3) is 0. The number of hydrogen-bond acceptors (Lipinski definition) is 5. The maximum atomic E-state index is 10.6. The molecule has 0 aliphatic carbocycles. The summed E-state index contributed by atoms with van der Waals surface area (Å²) in [6, 6.07) is 4.35. The Labute approximate surface area is 92.2 Å². The van der Waals surface area contributed by atoms with Crippen LogP contribution in [0.2, 0.25) is 0 Å². The van der Waals surface area contributed by atoms with Crippen LogP contribution in [0, 0.1) is 10.1 Å². The molecule has 0 radical (unpaired) electrons. The van der Waals surface area contributed by atoms with Crippen LogP contribution in [0.15, 0.2) is 33.6 Å². The van der Waals surface area contributed by atoms with Gasteiger partial charge in [-0.2, -0.15) is 4.98 Å². The number of halogens is 1. The summed E-state index contributed by atoms with van der Waals surface area (Å²) in [6.07, 6.45) is 1.17. The highest BCUT2D eigenvalue weighted by atomic mass is 79.9.